The topological polar surface area (TPSA) is 611 Å². The van der Waals surface area contributed by atoms with Crippen LogP contribution in [-0.4, -0.2) is 198 Å². The average Bonchev–Trinajstić information content (AvgIpc) is 1.73. The molecule has 1 saturated heterocycles. The quantitative estimate of drug-likeness (QED) is 0.0147. The molecular formula is C70H110N22O13. The van der Waals surface area contributed by atoms with E-state index >= 15 is 0 Å². The Bertz CT molecular complexity index is 3420. The fourth-order valence-electron chi connectivity index (χ4n) is 11.5. The number of nitrogens with two attached hydrogens (primary N) is 9. The van der Waals surface area contributed by atoms with E-state index in [-0.39, 0.29) is 139 Å². The monoisotopic (exact) mass is 1470 g/mol. The van der Waals surface area contributed by atoms with E-state index in [2.05, 4.69) is 62.8 Å². The molecule has 0 bridgehead atoms. The number of phenols is 2. The predicted octanol–water partition coefficient (Wildman–Crippen LogP) is -3.69. The summed E-state index contributed by atoms with van der Waals surface area (Å²) in [6, 6.07) is 7.50. The molecule has 4 rings (SSSR count). The van der Waals surface area contributed by atoms with Crippen LogP contribution in [0.15, 0.2) is 93.8 Å². The Kier molecular flexibility index (Phi) is 37.3. The molecule has 11 amide bonds. The van der Waals surface area contributed by atoms with Crippen molar-refractivity contribution in [3.05, 3.63) is 95.6 Å². The van der Waals surface area contributed by atoms with Crippen molar-refractivity contribution in [2.45, 2.75) is 191 Å². The second kappa shape index (κ2) is 45.3. The number of guanidine groups is 3. The summed E-state index contributed by atoms with van der Waals surface area (Å²) in [6.45, 7) is 6.92. The minimum Gasteiger partial charge on any atom is -0.508 e. The number of nitrogens with zero attached hydrogens (tertiary/aromatic N) is 4. The van der Waals surface area contributed by atoms with Gasteiger partial charge in [-0.2, -0.15) is 0 Å². The van der Waals surface area contributed by atoms with Crippen molar-refractivity contribution in [1.82, 2.24) is 52.8 Å². The Balaban J connectivity index is 1.66. The van der Waals surface area contributed by atoms with Gasteiger partial charge in [-0.1, -0.05) is 88.7 Å². The first kappa shape index (κ1) is 86.6. The minimum atomic E-state index is -1.47. The van der Waals surface area contributed by atoms with E-state index < -0.39 is 138 Å². The summed E-state index contributed by atoms with van der Waals surface area (Å²) in [7, 11) is 0. The van der Waals surface area contributed by atoms with Crippen molar-refractivity contribution in [3.63, 3.8) is 0 Å². The third-order valence-electron chi connectivity index (χ3n) is 17.4. The van der Waals surface area contributed by atoms with Crippen LogP contribution in [0.3, 0.4) is 0 Å². The number of benzene rings is 3. The molecule has 1 fully saturated rings. The second-order valence-electron chi connectivity index (χ2n) is 26.5. The number of hydrogen-bond donors (Lipinski definition) is 20. The first-order chi connectivity index (χ1) is 49.9. The Morgan fingerprint density at radius 1 is 0.495 bits per heavy atom. The predicted molar refractivity (Wildman–Crippen MR) is 396 cm³/mol. The van der Waals surface area contributed by atoms with Crippen molar-refractivity contribution in [1.29, 1.82) is 0 Å². The number of aliphatic imine (C=N–C) groups is 3. The first-order valence-electron chi connectivity index (χ1n) is 35.4. The number of hydrogen-bond acceptors (Lipinski definition) is 18. The molecule has 3 aromatic carbocycles. The van der Waals surface area contributed by atoms with E-state index in [0.717, 1.165) is 0 Å². The molecule has 0 aliphatic carbocycles. The molecule has 29 N–H and O–H groups in total. The van der Waals surface area contributed by atoms with Gasteiger partial charge in [-0.15, -0.1) is 0 Å². The molecule has 0 saturated carbocycles. The average molecular weight is 1470 g/mol. The molecule has 35 heteroatoms. The van der Waals surface area contributed by atoms with E-state index in [1.165, 1.54) is 41.3 Å². The number of likely N-dealkylation sites (tertiary alicyclic amines) is 1. The number of amides is 11. The van der Waals surface area contributed by atoms with Crippen molar-refractivity contribution in [3.8, 4) is 11.5 Å². The van der Waals surface area contributed by atoms with Gasteiger partial charge in [0, 0.05) is 39.0 Å². The van der Waals surface area contributed by atoms with Gasteiger partial charge in [0.25, 0.3) is 0 Å². The standard InChI is InChI=1S/C70H110N22O13/c1-5-41(4)57(66(104)88-51(20-13-33-82-70(78)79)67(105)92-34-14-21-55(92)65(103)85-48(58(73)96)17-9-10-30-71)91-61(99)50(19-12-32-81-69(76)77)86-60(98)49(18-11-31-80-68(74)75)87-62(100)52(35-40(2)3)89-64(102)54(37-42-15-7-6-8-16-42)90-63(101)53(38-44-24-28-46(94)29-25-44)84-56(95)39-83-59(97)47(72)36-43-22-26-45(93)27-23-43/h6-8,15-16,22-29,40-41,47-55,57,93-94H,5,9-14,17-21,30-39,71-72H2,1-4H3,(H2,73,96)(H,83,97)(H,84,95)(H,85,103)(H,86,98)(H,87,100)(H,88,104)(H,89,102)(H,90,101)(H,91,99)(H4,74,75,80)(H4,76,77,81)(H4,78,79,82)/t41-,47-,48-,49-,50-,51-,52-,53-,54-,55-,57-/m0/s1. The highest BCUT2D eigenvalue weighted by molar-refractivity contribution is 5.99. The molecule has 0 radical (unpaired) electrons. The molecule has 1 aliphatic heterocycles. The molecular weight excluding hydrogens is 1360 g/mol. The number of carbonyl (C=O) groups excluding carboxylic acids is 11. The lowest BCUT2D eigenvalue weighted by Gasteiger charge is -2.32. The second-order valence-corrected chi connectivity index (χ2v) is 26.5. The Labute approximate surface area is 611 Å². The van der Waals surface area contributed by atoms with Gasteiger partial charge < -0.3 is 115 Å². The third-order valence-corrected chi connectivity index (χ3v) is 17.4. The highest BCUT2D eigenvalue weighted by Gasteiger charge is 2.41. The summed E-state index contributed by atoms with van der Waals surface area (Å²) in [4.78, 5) is 170. The molecule has 0 aromatic heterocycles. The number of primary amides is 1. The Hall–Kier alpha value is -10.8. The summed E-state index contributed by atoms with van der Waals surface area (Å²) in [5.74, 6) is -10.3. The maximum atomic E-state index is 14.9. The zero-order valence-corrected chi connectivity index (χ0v) is 60.4. The van der Waals surface area contributed by atoms with Crippen LogP contribution >= 0.6 is 0 Å². The van der Waals surface area contributed by atoms with Gasteiger partial charge in [0.05, 0.1) is 12.6 Å². The zero-order chi connectivity index (χ0) is 77.7. The van der Waals surface area contributed by atoms with Crippen LogP contribution in [0.1, 0.15) is 128 Å². The van der Waals surface area contributed by atoms with Gasteiger partial charge >= 0.3 is 0 Å². The van der Waals surface area contributed by atoms with E-state index in [1.807, 2.05) is 0 Å². The molecule has 0 spiro atoms. The van der Waals surface area contributed by atoms with Crippen LogP contribution < -0.4 is 99.5 Å². The molecule has 105 heavy (non-hydrogen) atoms. The molecule has 35 nitrogen and oxygen atoms in total. The summed E-state index contributed by atoms with van der Waals surface area (Å²) >= 11 is 0. The number of rotatable bonds is 46. The fourth-order valence-corrected chi connectivity index (χ4v) is 11.5. The SMILES string of the molecule is CC[C@H](C)[C@H](NC(=O)[C@H](CCCN=C(N)N)NC(=O)[C@H](CCCN=C(N)N)NC(=O)[C@H](CC(C)C)NC(=O)[C@H](Cc1ccccc1)NC(=O)[C@H](Cc1ccc(O)cc1)NC(=O)CNC(=O)[C@@H](N)Cc1ccc(O)cc1)C(=O)N[C@@H](CCCN=C(N)N)C(=O)N1CCC[C@H]1C(=O)N[C@@H](CCCCN)C(N)=O. The first-order valence-corrected chi connectivity index (χ1v) is 35.4. The molecule has 578 valence electrons. The van der Waals surface area contributed by atoms with E-state index in [0.29, 0.717) is 48.9 Å². The van der Waals surface area contributed by atoms with E-state index in [9.17, 15) is 63.0 Å². The highest BCUT2D eigenvalue weighted by Crippen LogP contribution is 2.22. The van der Waals surface area contributed by atoms with Crippen LogP contribution in [0, 0.1) is 11.8 Å². The van der Waals surface area contributed by atoms with Crippen LogP contribution in [0.4, 0.5) is 0 Å². The number of nitrogens with one attached hydrogen (secondary N) is 9. The summed E-state index contributed by atoms with van der Waals surface area (Å²) < 4.78 is 0. The molecule has 1 aliphatic rings. The number of phenolic OH excluding ortho intramolecular Hbond substituents is 2. The zero-order valence-electron chi connectivity index (χ0n) is 60.4. The van der Waals surface area contributed by atoms with Gasteiger partial charge in [-0.3, -0.25) is 67.7 Å². The number of carbonyl (C=O) groups is 11. The summed E-state index contributed by atoms with van der Waals surface area (Å²) in [5.41, 5.74) is 52.9. The summed E-state index contributed by atoms with van der Waals surface area (Å²) in [5, 5.41) is 44.2. The van der Waals surface area contributed by atoms with Crippen molar-refractivity contribution < 1.29 is 63.0 Å². The molecule has 1 heterocycles. The lowest BCUT2D eigenvalue weighted by Crippen LogP contribution is -2.61. The fraction of sp³-hybridized carbons (Fsp3) is 0.543. The van der Waals surface area contributed by atoms with Gasteiger partial charge in [0.15, 0.2) is 17.9 Å². The van der Waals surface area contributed by atoms with Crippen LogP contribution in [-0.2, 0) is 72.0 Å². The van der Waals surface area contributed by atoms with Crippen molar-refractivity contribution in [2.24, 2.45) is 78.4 Å². The van der Waals surface area contributed by atoms with E-state index in [1.54, 1.807) is 70.2 Å². The van der Waals surface area contributed by atoms with Gasteiger partial charge in [-0.05, 0) is 143 Å². The van der Waals surface area contributed by atoms with Crippen molar-refractivity contribution in [2.75, 3.05) is 39.3 Å². The minimum absolute atomic E-state index is 0.0115. The smallest absolute Gasteiger partial charge is 0.245 e. The number of unbranched alkanes of at least 4 members (excludes halogenated alkanes) is 1. The van der Waals surface area contributed by atoms with Gasteiger partial charge in [0.2, 0.25) is 65.0 Å². The van der Waals surface area contributed by atoms with Gasteiger partial charge in [-0.25, -0.2) is 0 Å². The van der Waals surface area contributed by atoms with E-state index in [4.69, 9.17) is 51.6 Å². The molecule has 0 unspecified atom stereocenters. The largest absolute Gasteiger partial charge is 0.508 e. The van der Waals surface area contributed by atoms with Crippen LogP contribution in [0.2, 0.25) is 0 Å². The summed E-state index contributed by atoms with van der Waals surface area (Å²) in [6.07, 6.45) is 2.06. The molecule has 3 aromatic rings. The normalized spacial score (nSPS) is 15.3. The molecule has 11 atom stereocenters. The maximum absolute atomic E-state index is 14.9. The lowest BCUT2D eigenvalue weighted by molar-refractivity contribution is -0.142. The van der Waals surface area contributed by atoms with Crippen LogP contribution in [0.5, 0.6) is 11.5 Å². The third kappa shape index (κ3) is 31.7. The lowest BCUT2D eigenvalue weighted by atomic mass is 9.96. The van der Waals surface area contributed by atoms with Crippen LogP contribution in [0.25, 0.3) is 0 Å². The Morgan fingerprint density at radius 2 is 0.933 bits per heavy atom. The highest BCUT2D eigenvalue weighted by atomic mass is 16.3. The maximum Gasteiger partial charge on any atom is 0.245 e. The van der Waals surface area contributed by atoms with Gasteiger partial charge in [0.1, 0.15) is 65.9 Å². The number of aromatic hydroxyl groups is 2. The Morgan fingerprint density at radius 3 is 1.43 bits per heavy atom. The van der Waals surface area contributed by atoms with Crippen molar-refractivity contribution >= 4 is 82.9 Å².